The first-order valence-corrected chi connectivity index (χ1v) is 10.1. The number of alkyl halides is 3. The predicted octanol–water partition coefficient (Wildman–Crippen LogP) is 2.90. The summed E-state index contributed by atoms with van der Waals surface area (Å²) in [5.74, 6) is -0.849. The minimum absolute atomic E-state index is 0.0222. The number of rotatable bonds is 6. The molecule has 1 aliphatic heterocycles. The van der Waals surface area contributed by atoms with Crippen LogP contribution >= 0.6 is 11.3 Å². The Balaban J connectivity index is 1.81. The molecule has 0 atom stereocenters. The Morgan fingerprint density at radius 2 is 2.10 bits per heavy atom. The Hall–Kier alpha value is -2.43. The van der Waals surface area contributed by atoms with E-state index in [4.69, 9.17) is 4.74 Å². The molecular weight excluding hydrogens is 409 g/mol. The topological polar surface area (TPSA) is 77.3 Å². The van der Waals surface area contributed by atoms with Crippen molar-refractivity contribution in [3.63, 3.8) is 0 Å². The second-order valence-corrected chi connectivity index (χ2v) is 7.74. The Kier molecular flexibility index (Phi) is 6.25. The van der Waals surface area contributed by atoms with E-state index in [1.807, 2.05) is 12.3 Å². The Morgan fingerprint density at radius 3 is 2.72 bits per heavy atom. The maximum atomic E-state index is 12.7. The van der Waals surface area contributed by atoms with Crippen molar-refractivity contribution in [3.05, 3.63) is 33.0 Å². The lowest BCUT2D eigenvalue weighted by molar-refractivity contribution is -0.137. The van der Waals surface area contributed by atoms with Crippen molar-refractivity contribution >= 4 is 23.2 Å². The molecule has 0 saturated carbocycles. The Labute approximate surface area is 169 Å². The van der Waals surface area contributed by atoms with E-state index in [0.717, 1.165) is 5.01 Å². The van der Waals surface area contributed by atoms with Gasteiger partial charge >= 0.3 is 12.1 Å². The van der Waals surface area contributed by atoms with Gasteiger partial charge in [-0.3, -0.25) is 9.48 Å². The number of thiazole rings is 1. The minimum Gasteiger partial charge on any atom is -0.461 e. The number of amides is 1. The van der Waals surface area contributed by atoms with Gasteiger partial charge in [-0.2, -0.15) is 18.3 Å². The summed E-state index contributed by atoms with van der Waals surface area (Å²) in [5, 5.41) is 6.77. The van der Waals surface area contributed by atoms with Gasteiger partial charge in [-0.15, -0.1) is 11.3 Å². The van der Waals surface area contributed by atoms with Crippen LogP contribution in [0, 0.1) is 6.92 Å². The number of aromatic nitrogens is 3. The summed E-state index contributed by atoms with van der Waals surface area (Å²) >= 11 is 1.46. The van der Waals surface area contributed by atoms with Crippen LogP contribution in [0.1, 0.15) is 45.8 Å². The van der Waals surface area contributed by atoms with Crippen molar-refractivity contribution in [2.75, 3.05) is 13.2 Å². The molecule has 11 heteroatoms. The van der Waals surface area contributed by atoms with Crippen molar-refractivity contribution < 1.29 is 27.5 Å². The highest BCUT2D eigenvalue weighted by Crippen LogP contribution is 2.27. The molecule has 0 spiro atoms. The molecule has 0 unspecified atom stereocenters. The van der Waals surface area contributed by atoms with Crippen molar-refractivity contribution in [2.45, 2.75) is 52.4 Å². The fourth-order valence-corrected chi connectivity index (χ4v) is 3.85. The van der Waals surface area contributed by atoms with Crippen molar-refractivity contribution in [2.24, 2.45) is 0 Å². The minimum atomic E-state index is -4.33. The molecule has 3 rings (SSSR count). The molecular formula is C18H21F3N4O3S. The van der Waals surface area contributed by atoms with E-state index in [9.17, 15) is 22.8 Å². The summed E-state index contributed by atoms with van der Waals surface area (Å²) in [6, 6.07) is 0. The number of hydrogen-bond donors (Lipinski definition) is 0. The second kappa shape index (κ2) is 8.52. The predicted molar refractivity (Wildman–Crippen MR) is 98.5 cm³/mol. The van der Waals surface area contributed by atoms with Crippen molar-refractivity contribution in [1.82, 2.24) is 19.7 Å². The third-order valence-corrected chi connectivity index (χ3v) is 5.38. The first-order valence-electron chi connectivity index (χ1n) is 9.19. The highest BCUT2D eigenvalue weighted by molar-refractivity contribution is 7.09. The maximum absolute atomic E-state index is 12.7. The van der Waals surface area contributed by atoms with Gasteiger partial charge in [0.2, 0.25) is 5.91 Å². The molecule has 0 fully saturated rings. The lowest BCUT2D eigenvalue weighted by atomic mass is 10.0. The molecule has 0 aliphatic carbocycles. The third kappa shape index (κ3) is 5.14. The van der Waals surface area contributed by atoms with Gasteiger partial charge < -0.3 is 9.64 Å². The summed E-state index contributed by atoms with van der Waals surface area (Å²) < 4.78 is 44.2. The van der Waals surface area contributed by atoms with Crippen LogP contribution in [0.5, 0.6) is 0 Å². The van der Waals surface area contributed by atoms with Gasteiger partial charge in [0.15, 0.2) is 5.69 Å². The molecule has 2 aromatic rings. The lowest BCUT2D eigenvalue weighted by Crippen LogP contribution is -2.37. The van der Waals surface area contributed by atoms with E-state index < -0.39 is 18.6 Å². The molecule has 0 saturated heterocycles. The fraction of sp³-hybridized carbons (Fsp3) is 0.556. The first kappa shape index (κ1) is 21.3. The summed E-state index contributed by atoms with van der Waals surface area (Å²) in [7, 11) is 0. The zero-order valence-corrected chi connectivity index (χ0v) is 16.9. The number of fused-ring (bicyclic) bond motifs is 1. The zero-order valence-electron chi connectivity index (χ0n) is 16.1. The lowest BCUT2D eigenvalue weighted by Gasteiger charge is -2.27. The van der Waals surface area contributed by atoms with Crippen LogP contribution in [0.2, 0.25) is 0 Å². The smallest absolute Gasteiger partial charge is 0.390 e. The molecule has 2 aromatic heterocycles. The van der Waals surface area contributed by atoms with E-state index in [1.165, 1.54) is 16.0 Å². The third-order valence-electron chi connectivity index (χ3n) is 4.56. The van der Waals surface area contributed by atoms with Crippen LogP contribution in [-0.4, -0.2) is 50.9 Å². The Bertz CT molecular complexity index is 907. The largest absolute Gasteiger partial charge is 0.461 e. The maximum Gasteiger partial charge on any atom is 0.390 e. The van der Waals surface area contributed by atoms with E-state index in [2.05, 4.69) is 10.1 Å². The van der Waals surface area contributed by atoms with Gasteiger partial charge in [0.25, 0.3) is 0 Å². The van der Waals surface area contributed by atoms with Gasteiger partial charge in [-0.05, 0) is 13.8 Å². The van der Waals surface area contributed by atoms with Crippen LogP contribution in [-0.2, 0) is 35.5 Å². The van der Waals surface area contributed by atoms with E-state index in [0.29, 0.717) is 29.9 Å². The van der Waals surface area contributed by atoms with E-state index >= 15 is 0 Å². The number of ether oxygens (including phenoxy) is 1. The molecule has 7 nitrogen and oxygen atoms in total. The van der Waals surface area contributed by atoms with Crippen LogP contribution in [0.3, 0.4) is 0 Å². The van der Waals surface area contributed by atoms with Gasteiger partial charge in [0.05, 0.1) is 30.2 Å². The highest BCUT2D eigenvalue weighted by atomic mass is 32.1. The molecule has 0 N–H and O–H groups in total. The van der Waals surface area contributed by atoms with E-state index in [1.54, 1.807) is 11.8 Å². The average molecular weight is 430 g/mol. The SMILES string of the molecule is CCOC(=O)c1nn(CCC(F)(F)F)c2c1CN(C(=O)Cc1csc(C)n1)CC2. The van der Waals surface area contributed by atoms with Gasteiger partial charge in [0, 0.05) is 42.7 Å². The van der Waals surface area contributed by atoms with Crippen molar-refractivity contribution in [3.8, 4) is 0 Å². The average Bonchev–Trinajstić information content (AvgIpc) is 3.22. The summed E-state index contributed by atoms with van der Waals surface area (Å²) in [5.41, 5.74) is 1.66. The second-order valence-electron chi connectivity index (χ2n) is 6.68. The molecule has 0 aromatic carbocycles. The van der Waals surface area contributed by atoms with Crippen LogP contribution in [0.25, 0.3) is 0 Å². The molecule has 1 aliphatic rings. The van der Waals surface area contributed by atoms with Gasteiger partial charge in [0.1, 0.15) is 0 Å². The number of esters is 1. The quantitative estimate of drug-likeness (QED) is 0.659. The number of hydrogen-bond acceptors (Lipinski definition) is 6. The normalized spacial score (nSPS) is 14.0. The standard InChI is InChI=1S/C18H21F3N4O3S/c1-3-28-17(27)16-13-9-24(15(26)8-12-10-29-11(2)22-12)6-4-14(13)25(23-16)7-5-18(19,20)21/h10H,3-9H2,1-2H3. The molecule has 0 bridgehead atoms. The molecule has 0 radical (unpaired) electrons. The number of nitrogens with zero attached hydrogens (tertiary/aromatic N) is 4. The van der Waals surface area contributed by atoms with Crippen LogP contribution < -0.4 is 0 Å². The summed E-state index contributed by atoms with van der Waals surface area (Å²) in [4.78, 5) is 30.8. The van der Waals surface area contributed by atoms with Gasteiger partial charge in [-0.1, -0.05) is 0 Å². The van der Waals surface area contributed by atoms with Crippen LogP contribution in [0.15, 0.2) is 5.38 Å². The number of carbonyl (C=O) groups is 2. The molecule has 1 amide bonds. The first-order chi connectivity index (χ1) is 13.7. The summed E-state index contributed by atoms with van der Waals surface area (Å²) in [6.07, 6.45) is -4.92. The fourth-order valence-electron chi connectivity index (χ4n) is 3.24. The zero-order chi connectivity index (χ0) is 21.2. The van der Waals surface area contributed by atoms with E-state index in [-0.39, 0.29) is 37.7 Å². The Morgan fingerprint density at radius 1 is 1.34 bits per heavy atom. The molecule has 29 heavy (non-hydrogen) atoms. The highest BCUT2D eigenvalue weighted by Gasteiger charge is 2.33. The van der Waals surface area contributed by atoms with Crippen LogP contribution in [0.4, 0.5) is 13.2 Å². The van der Waals surface area contributed by atoms with Crippen molar-refractivity contribution in [1.29, 1.82) is 0 Å². The molecule has 3 heterocycles. The molecule has 158 valence electrons. The summed E-state index contributed by atoms with van der Waals surface area (Å²) in [6.45, 7) is 3.68. The number of aryl methyl sites for hydroxylation is 2. The number of carbonyl (C=O) groups excluding carboxylic acids is 2. The van der Waals surface area contributed by atoms with Gasteiger partial charge in [-0.25, -0.2) is 9.78 Å². The monoisotopic (exact) mass is 430 g/mol. The number of halogens is 3.